The SMILES string of the molecule is CCCCCCCCCCCCCCCCCC(=O)OCCCCCC.[CaH2]. The molecule has 0 bridgehead atoms. The van der Waals surface area contributed by atoms with E-state index in [-0.39, 0.29) is 43.7 Å². The second-order valence-corrected chi connectivity index (χ2v) is 7.98. The number of unbranched alkanes of at least 4 members (excludes halogenated alkanes) is 17. The van der Waals surface area contributed by atoms with E-state index in [1.807, 2.05) is 0 Å². The number of ether oxygens (including phenoxy) is 1. The van der Waals surface area contributed by atoms with Gasteiger partial charge in [-0.05, 0) is 12.8 Å². The van der Waals surface area contributed by atoms with Crippen LogP contribution in [0.1, 0.15) is 142 Å². The van der Waals surface area contributed by atoms with Gasteiger partial charge >= 0.3 is 43.7 Å². The Labute approximate surface area is 201 Å². The quantitative estimate of drug-likeness (QED) is 0.111. The molecule has 0 rings (SSSR count). The first-order valence-electron chi connectivity index (χ1n) is 12.0. The molecule has 0 saturated heterocycles. The second-order valence-electron chi connectivity index (χ2n) is 7.98. The fourth-order valence-electron chi connectivity index (χ4n) is 3.43. The molecule has 0 aliphatic carbocycles. The average Bonchev–Trinajstić information content (AvgIpc) is 2.64. The molecule has 2 nitrogen and oxygen atoms in total. The molecule has 0 aromatic heterocycles. The Hall–Kier alpha value is 0.730. The second kappa shape index (κ2) is 26.7. The normalized spacial score (nSPS) is 10.6. The number of hydrogen-bond acceptors (Lipinski definition) is 2. The van der Waals surface area contributed by atoms with Crippen LogP contribution < -0.4 is 0 Å². The Morgan fingerprint density at radius 2 is 0.852 bits per heavy atom. The molecule has 0 heterocycles. The fourth-order valence-corrected chi connectivity index (χ4v) is 3.43. The summed E-state index contributed by atoms with van der Waals surface area (Å²) in [6.07, 6.45) is 25.7. The summed E-state index contributed by atoms with van der Waals surface area (Å²) >= 11 is 0. The molecule has 3 heteroatoms. The van der Waals surface area contributed by atoms with Crippen LogP contribution in [0.3, 0.4) is 0 Å². The number of rotatable bonds is 21. The summed E-state index contributed by atoms with van der Waals surface area (Å²) < 4.78 is 5.27. The molecule has 0 saturated carbocycles. The molecule has 27 heavy (non-hydrogen) atoms. The van der Waals surface area contributed by atoms with Crippen molar-refractivity contribution in [2.75, 3.05) is 6.61 Å². The number of hydrogen-bond donors (Lipinski definition) is 0. The molecule has 0 unspecified atom stereocenters. The Bertz CT molecular complexity index is 282. The number of carbonyl (C=O) groups excluding carboxylic acids is 1. The van der Waals surface area contributed by atoms with Crippen molar-refractivity contribution in [1.29, 1.82) is 0 Å². The minimum absolute atomic E-state index is 0. The zero-order valence-corrected chi connectivity index (χ0v) is 18.2. The third-order valence-electron chi connectivity index (χ3n) is 5.25. The van der Waals surface area contributed by atoms with Crippen LogP contribution in [0, 0.1) is 0 Å². The third-order valence-corrected chi connectivity index (χ3v) is 5.25. The molecule has 0 aliphatic heterocycles. The van der Waals surface area contributed by atoms with Crippen LogP contribution in [-0.2, 0) is 9.53 Å². The van der Waals surface area contributed by atoms with Crippen LogP contribution in [0.2, 0.25) is 0 Å². The zero-order valence-electron chi connectivity index (χ0n) is 18.2. The van der Waals surface area contributed by atoms with Gasteiger partial charge in [0.15, 0.2) is 0 Å². The molecular weight excluding hydrogens is 360 g/mol. The molecule has 0 aliphatic rings. The standard InChI is InChI=1S/C24H48O2.Ca.2H/c1-3-5-7-9-10-11-12-13-14-15-16-17-18-19-20-22-24(25)26-23-21-8-6-4-2;;;/h3-23H2,1-2H3;;;. The van der Waals surface area contributed by atoms with Gasteiger partial charge in [-0.3, -0.25) is 4.79 Å². The van der Waals surface area contributed by atoms with Crippen molar-refractivity contribution in [3.05, 3.63) is 0 Å². The fraction of sp³-hybridized carbons (Fsp3) is 0.958. The van der Waals surface area contributed by atoms with E-state index in [9.17, 15) is 4.79 Å². The number of esters is 1. The van der Waals surface area contributed by atoms with Gasteiger partial charge in [0.1, 0.15) is 0 Å². The van der Waals surface area contributed by atoms with Crippen LogP contribution in [0.5, 0.6) is 0 Å². The Balaban J connectivity index is 0. The molecule has 160 valence electrons. The summed E-state index contributed by atoms with van der Waals surface area (Å²) in [4.78, 5) is 11.6. The molecule has 0 spiro atoms. The van der Waals surface area contributed by atoms with E-state index in [0.29, 0.717) is 13.0 Å². The van der Waals surface area contributed by atoms with Gasteiger partial charge in [0.2, 0.25) is 0 Å². The van der Waals surface area contributed by atoms with E-state index in [1.165, 1.54) is 109 Å². The van der Waals surface area contributed by atoms with E-state index < -0.39 is 0 Å². The minimum atomic E-state index is 0. The summed E-state index contributed by atoms with van der Waals surface area (Å²) in [6.45, 7) is 5.10. The Kier molecular flexibility index (Phi) is 29.6. The van der Waals surface area contributed by atoms with Crippen LogP contribution >= 0.6 is 0 Å². The van der Waals surface area contributed by atoms with E-state index in [4.69, 9.17) is 4.74 Å². The molecule has 0 fully saturated rings. The van der Waals surface area contributed by atoms with Gasteiger partial charge in [0.25, 0.3) is 0 Å². The van der Waals surface area contributed by atoms with Crippen LogP contribution in [-0.4, -0.2) is 50.3 Å². The van der Waals surface area contributed by atoms with Crippen molar-refractivity contribution in [1.82, 2.24) is 0 Å². The van der Waals surface area contributed by atoms with Crippen LogP contribution in [0.25, 0.3) is 0 Å². The first kappa shape index (κ1) is 29.9. The van der Waals surface area contributed by atoms with Gasteiger partial charge in [-0.1, -0.05) is 123 Å². The van der Waals surface area contributed by atoms with E-state index in [0.717, 1.165) is 12.8 Å². The predicted octanol–water partition coefficient (Wildman–Crippen LogP) is 7.46. The van der Waals surface area contributed by atoms with Crippen molar-refractivity contribution in [3.63, 3.8) is 0 Å². The summed E-state index contributed by atoms with van der Waals surface area (Å²) in [7, 11) is 0. The maximum absolute atomic E-state index is 11.6. The topological polar surface area (TPSA) is 26.3 Å². The molecule has 0 amide bonds. The monoisotopic (exact) mass is 410 g/mol. The maximum atomic E-state index is 11.6. The Morgan fingerprint density at radius 1 is 0.519 bits per heavy atom. The summed E-state index contributed by atoms with van der Waals surface area (Å²) in [5.41, 5.74) is 0. The van der Waals surface area contributed by atoms with E-state index >= 15 is 0 Å². The first-order chi connectivity index (χ1) is 12.8. The molecule has 0 aromatic carbocycles. The zero-order chi connectivity index (χ0) is 19.1. The van der Waals surface area contributed by atoms with Gasteiger partial charge in [0, 0.05) is 6.42 Å². The van der Waals surface area contributed by atoms with Gasteiger partial charge in [-0.2, -0.15) is 0 Å². The number of carbonyl (C=O) groups is 1. The predicted molar refractivity (Wildman–Crippen MR) is 123 cm³/mol. The third kappa shape index (κ3) is 26.7. The van der Waals surface area contributed by atoms with Gasteiger partial charge in [-0.25, -0.2) is 0 Å². The Morgan fingerprint density at radius 3 is 1.26 bits per heavy atom. The van der Waals surface area contributed by atoms with Gasteiger partial charge in [-0.15, -0.1) is 0 Å². The summed E-state index contributed by atoms with van der Waals surface area (Å²) in [5, 5.41) is 0. The van der Waals surface area contributed by atoms with E-state index in [1.54, 1.807) is 0 Å². The van der Waals surface area contributed by atoms with Gasteiger partial charge in [0.05, 0.1) is 6.61 Å². The van der Waals surface area contributed by atoms with Crippen molar-refractivity contribution in [2.45, 2.75) is 142 Å². The van der Waals surface area contributed by atoms with Gasteiger partial charge < -0.3 is 4.74 Å². The van der Waals surface area contributed by atoms with Crippen LogP contribution in [0.15, 0.2) is 0 Å². The first-order valence-corrected chi connectivity index (χ1v) is 12.0. The molecular formula is C24H50CaO2. The van der Waals surface area contributed by atoms with Crippen molar-refractivity contribution < 1.29 is 9.53 Å². The summed E-state index contributed by atoms with van der Waals surface area (Å²) in [6, 6.07) is 0. The van der Waals surface area contributed by atoms with Crippen molar-refractivity contribution in [3.8, 4) is 0 Å². The summed E-state index contributed by atoms with van der Waals surface area (Å²) in [5.74, 6) is 0.0104. The molecule has 0 aromatic rings. The van der Waals surface area contributed by atoms with Crippen molar-refractivity contribution in [2.24, 2.45) is 0 Å². The molecule has 0 radical (unpaired) electrons. The van der Waals surface area contributed by atoms with E-state index in [2.05, 4.69) is 13.8 Å². The average molecular weight is 411 g/mol. The van der Waals surface area contributed by atoms with Crippen LogP contribution in [0.4, 0.5) is 0 Å². The van der Waals surface area contributed by atoms with Crippen molar-refractivity contribution >= 4 is 43.7 Å². The molecule has 0 N–H and O–H groups in total. The molecule has 0 atom stereocenters.